The van der Waals surface area contributed by atoms with E-state index in [2.05, 4.69) is 4.98 Å². The molecular formula is C7H8N2O. The zero-order valence-corrected chi connectivity index (χ0v) is 5.79. The minimum atomic E-state index is 0.231. The molecule has 0 amide bonds. The standard InChI is InChI=1S/C7H8N2O/c1-9-4-8-5-2-3-6(10)7(5)9/h4H,2-3H2,1H3. The molecule has 1 heterocycles. The predicted octanol–water partition coefficient (Wildman–Crippen LogP) is 0.549. The minimum absolute atomic E-state index is 0.231. The maximum atomic E-state index is 11.1. The van der Waals surface area contributed by atoms with Crippen molar-refractivity contribution in [2.75, 3.05) is 0 Å². The Morgan fingerprint density at radius 2 is 2.40 bits per heavy atom. The van der Waals surface area contributed by atoms with Crippen LogP contribution in [-0.2, 0) is 13.5 Å². The molecule has 0 atom stereocenters. The smallest absolute Gasteiger partial charge is 0.181 e. The first-order valence-corrected chi connectivity index (χ1v) is 3.32. The van der Waals surface area contributed by atoms with Gasteiger partial charge in [-0.25, -0.2) is 4.98 Å². The normalized spacial score (nSPS) is 15.9. The zero-order chi connectivity index (χ0) is 7.14. The zero-order valence-electron chi connectivity index (χ0n) is 5.79. The van der Waals surface area contributed by atoms with Crippen LogP contribution in [0, 0.1) is 0 Å². The van der Waals surface area contributed by atoms with Gasteiger partial charge in [0.2, 0.25) is 0 Å². The molecule has 3 nitrogen and oxygen atoms in total. The summed E-state index contributed by atoms with van der Waals surface area (Å²) in [6.45, 7) is 0. The molecule has 52 valence electrons. The first kappa shape index (κ1) is 5.65. The number of ketones is 1. The molecule has 0 spiro atoms. The van der Waals surface area contributed by atoms with Crippen LogP contribution in [0.3, 0.4) is 0 Å². The SMILES string of the molecule is Cn1cnc2c1C(=O)CC2. The lowest BCUT2D eigenvalue weighted by molar-refractivity contribution is 0.0987. The maximum absolute atomic E-state index is 11.1. The van der Waals surface area contributed by atoms with Gasteiger partial charge in [0.15, 0.2) is 5.78 Å². The van der Waals surface area contributed by atoms with E-state index in [1.807, 2.05) is 7.05 Å². The summed E-state index contributed by atoms with van der Waals surface area (Å²) in [5.74, 6) is 0.231. The molecule has 1 aliphatic carbocycles. The third-order valence-electron chi connectivity index (χ3n) is 1.87. The molecule has 0 saturated heterocycles. The second-order valence-corrected chi connectivity index (χ2v) is 2.57. The monoisotopic (exact) mass is 136 g/mol. The lowest BCUT2D eigenvalue weighted by atomic mass is 10.3. The summed E-state index contributed by atoms with van der Waals surface area (Å²) in [4.78, 5) is 15.2. The van der Waals surface area contributed by atoms with Crippen molar-refractivity contribution >= 4 is 5.78 Å². The summed E-state index contributed by atoms with van der Waals surface area (Å²) in [6.07, 6.45) is 3.17. The molecule has 1 aromatic rings. The van der Waals surface area contributed by atoms with Crippen LogP contribution in [-0.4, -0.2) is 15.3 Å². The third-order valence-corrected chi connectivity index (χ3v) is 1.87. The second kappa shape index (κ2) is 1.68. The number of aromatic nitrogens is 2. The van der Waals surface area contributed by atoms with Gasteiger partial charge in [-0.05, 0) is 6.42 Å². The molecule has 0 radical (unpaired) electrons. The fourth-order valence-electron chi connectivity index (χ4n) is 1.37. The average molecular weight is 136 g/mol. The number of rotatable bonds is 0. The van der Waals surface area contributed by atoms with Gasteiger partial charge < -0.3 is 4.57 Å². The minimum Gasteiger partial charge on any atom is -0.331 e. The molecule has 3 heteroatoms. The van der Waals surface area contributed by atoms with Crippen LogP contribution in [0.4, 0.5) is 0 Å². The largest absolute Gasteiger partial charge is 0.331 e. The van der Waals surface area contributed by atoms with Crippen molar-refractivity contribution in [2.45, 2.75) is 12.8 Å². The van der Waals surface area contributed by atoms with Crippen LogP contribution in [0.5, 0.6) is 0 Å². The Hall–Kier alpha value is -1.12. The number of hydrogen-bond acceptors (Lipinski definition) is 2. The highest BCUT2D eigenvalue weighted by Gasteiger charge is 2.23. The van der Waals surface area contributed by atoms with Crippen LogP contribution in [0.2, 0.25) is 0 Å². The molecule has 0 fully saturated rings. The quantitative estimate of drug-likeness (QED) is 0.522. The van der Waals surface area contributed by atoms with Crippen molar-refractivity contribution in [3.05, 3.63) is 17.7 Å². The van der Waals surface area contributed by atoms with E-state index >= 15 is 0 Å². The molecule has 0 aromatic carbocycles. The van der Waals surface area contributed by atoms with Gasteiger partial charge in [0.05, 0.1) is 12.0 Å². The number of aryl methyl sites for hydroxylation is 2. The van der Waals surface area contributed by atoms with Crippen molar-refractivity contribution in [1.82, 2.24) is 9.55 Å². The van der Waals surface area contributed by atoms with Crippen molar-refractivity contribution < 1.29 is 4.79 Å². The van der Waals surface area contributed by atoms with E-state index in [1.54, 1.807) is 10.9 Å². The second-order valence-electron chi connectivity index (χ2n) is 2.57. The van der Waals surface area contributed by atoms with Gasteiger partial charge in [0, 0.05) is 13.5 Å². The fraction of sp³-hybridized carbons (Fsp3) is 0.429. The number of Topliss-reactive ketones (excluding diaryl/α,β-unsaturated/α-hetero) is 1. The molecule has 1 aromatic heterocycles. The van der Waals surface area contributed by atoms with E-state index < -0.39 is 0 Å². The van der Waals surface area contributed by atoms with Gasteiger partial charge in [0.25, 0.3) is 0 Å². The number of hydrogen-bond donors (Lipinski definition) is 0. The molecule has 10 heavy (non-hydrogen) atoms. The summed E-state index contributed by atoms with van der Waals surface area (Å²) in [5.41, 5.74) is 1.77. The predicted molar refractivity (Wildman–Crippen MR) is 35.9 cm³/mol. The number of fused-ring (bicyclic) bond motifs is 1. The van der Waals surface area contributed by atoms with Gasteiger partial charge in [0.1, 0.15) is 5.69 Å². The van der Waals surface area contributed by atoms with Crippen LogP contribution in [0.1, 0.15) is 22.6 Å². The fourth-order valence-corrected chi connectivity index (χ4v) is 1.37. The first-order chi connectivity index (χ1) is 4.79. The maximum Gasteiger partial charge on any atom is 0.181 e. The van der Waals surface area contributed by atoms with Gasteiger partial charge in [-0.2, -0.15) is 0 Å². The van der Waals surface area contributed by atoms with Crippen LogP contribution in [0.25, 0.3) is 0 Å². The summed E-state index contributed by atoms with van der Waals surface area (Å²) >= 11 is 0. The van der Waals surface area contributed by atoms with E-state index in [0.717, 1.165) is 17.8 Å². The molecule has 0 aliphatic heterocycles. The van der Waals surface area contributed by atoms with Crippen molar-refractivity contribution in [3.8, 4) is 0 Å². The Morgan fingerprint density at radius 1 is 1.60 bits per heavy atom. The highest BCUT2D eigenvalue weighted by atomic mass is 16.1. The molecule has 1 aliphatic rings. The molecule has 0 saturated carbocycles. The molecule has 2 rings (SSSR count). The number of nitrogens with zero attached hydrogens (tertiary/aromatic N) is 2. The topological polar surface area (TPSA) is 34.9 Å². The molecular weight excluding hydrogens is 128 g/mol. The third kappa shape index (κ3) is 0.546. The van der Waals surface area contributed by atoms with Crippen molar-refractivity contribution in [2.24, 2.45) is 7.05 Å². The number of carbonyl (C=O) groups excluding carboxylic acids is 1. The highest BCUT2D eigenvalue weighted by Crippen LogP contribution is 2.18. The molecule has 0 N–H and O–H groups in total. The van der Waals surface area contributed by atoms with Crippen LogP contribution in [0.15, 0.2) is 6.33 Å². The highest BCUT2D eigenvalue weighted by molar-refractivity contribution is 5.98. The van der Waals surface area contributed by atoms with E-state index in [0.29, 0.717) is 6.42 Å². The number of carbonyl (C=O) groups is 1. The van der Waals surface area contributed by atoms with Gasteiger partial charge >= 0.3 is 0 Å². The number of imidazole rings is 1. The van der Waals surface area contributed by atoms with Gasteiger partial charge in [-0.1, -0.05) is 0 Å². The van der Waals surface area contributed by atoms with Gasteiger partial charge in [-0.3, -0.25) is 4.79 Å². The molecule has 0 unspecified atom stereocenters. The summed E-state index contributed by atoms with van der Waals surface area (Å²) in [6, 6.07) is 0. The van der Waals surface area contributed by atoms with Gasteiger partial charge in [-0.15, -0.1) is 0 Å². The Bertz CT molecular complexity index is 288. The summed E-state index contributed by atoms with van der Waals surface area (Å²) in [5, 5.41) is 0. The first-order valence-electron chi connectivity index (χ1n) is 3.32. The van der Waals surface area contributed by atoms with E-state index in [1.165, 1.54) is 0 Å². The Kier molecular flexibility index (Phi) is 0.952. The lowest BCUT2D eigenvalue weighted by Gasteiger charge is -1.92. The van der Waals surface area contributed by atoms with E-state index in [-0.39, 0.29) is 5.78 Å². The lowest BCUT2D eigenvalue weighted by Crippen LogP contribution is -1.99. The summed E-state index contributed by atoms with van der Waals surface area (Å²) < 4.78 is 1.80. The molecule has 0 bridgehead atoms. The Morgan fingerprint density at radius 3 is 3.10 bits per heavy atom. The summed E-state index contributed by atoms with van der Waals surface area (Å²) in [7, 11) is 1.86. The van der Waals surface area contributed by atoms with E-state index in [4.69, 9.17) is 0 Å². The Balaban J connectivity index is 2.65. The van der Waals surface area contributed by atoms with E-state index in [9.17, 15) is 4.79 Å². The van der Waals surface area contributed by atoms with Crippen molar-refractivity contribution in [1.29, 1.82) is 0 Å². The average Bonchev–Trinajstić information content (AvgIpc) is 2.40. The Labute approximate surface area is 58.7 Å². The van der Waals surface area contributed by atoms with Crippen molar-refractivity contribution in [3.63, 3.8) is 0 Å². The van der Waals surface area contributed by atoms with Crippen LogP contribution < -0.4 is 0 Å². The van der Waals surface area contributed by atoms with Crippen LogP contribution >= 0.6 is 0 Å².